The van der Waals surface area contributed by atoms with Crippen LogP contribution in [0.4, 0.5) is 0 Å². The van der Waals surface area contributed by atoms with Crippen molar-refractivity contribution in [3.63, 3.8) is 0 Å². The monoisotopic (exact) mass is 397 g/mol. The Morgan fingerprint density at radius 1 is 0.828 bits per heavy atom. The van der Waals surface area contributed by atoms with E-state index in [1.807, 2.05) is 26.0 Å². The second kappa shape index (κ2) is 8.14. The van der Waals surface area contributed by atoms with Gasteiger partial charge in [-0.25, -0.2) is 0 Å². The Morgan fingerprint density at radius 2 is 1.45 bits per heavy atom. The third-order valence-corrected chi connectivity index (χ3v) is 4.55. The summed E-state index contributed by atoms with van der Waals surface area (Å²) in [6, 6.07) is 8.76. The van der Waals surface area contributed by atoms with Gasteiger partial charge in [-0.05, 0) is 49.2 Å². The van der Waals surface area contributed by atoms with Crippen molar-refractivity contribution < 1.29 is 23.8 Å². The first-order valence-electron chi connectivity index (χ1n) is 8.88. The zero-order chi connectivity index (χ0) is 21.1. The van der Waals surface area contributed by atoms with E-state index in [0.29, 0.717) is 22.9 Å². The molecule has 8 heteroatoms. The third-order valence-electron chi connectivity index (χ3n) is 4.55. The van der Waals surface area contributed by atoms with Gasteiger partial charge in [0, 0.05) is 16.5 Å². The number of carbonyl (C=O) groups excluding carboxylic acids is 2. The highest BCUT2D eigenvalue weighted by Gasteiger charge is 2.18. The minimum absolute atomic E-state index is 0.239. The number of nitrogens with one attached hydrogen (secondary N) is 3. The molecule has 0 unspecified atom stereocenters. The molecule has 0 fully saturated rings. The van der Waals surface area contributed by atoms with Gasteiger partial charge in [-0.1, -0.05) is 6.07 Å². The number of aryl methyl sites for hydroxylation is 2. The largest absolute Gasteiger partial charge is 0.493 e. The van der Waals surface area contributed by atoms with Crippen LogP contribution in [-0.2, 0) is 0 Å². The predicted molar refractivity (Wildman–Crippen MR) is 109 cm³/mol. The molecule has 152 valence electrons. The average molecular weight is 397 g/mol. The van der Waals surface area contributed by atoms with Gasteiger partial charge in [-0.2, -0.15) is 0 Å². The summed E-state index contributed by atoms with van der Waals surface area (Å²) in [5.41, 5.74) is 8.42. The summed E-state index contributed by atoms with van der Waals surface area (Å²) in [4.78, 5) is 28.0. The second-order valence-electron chi connectivity index (χ2n) is 6.55. The lowest BCUT2D eigenvalue weighted by atomic mass is 10.1. The fourth-order valence-corrected chi connectivity index (χ4v) is 3.19. The molecule has 0 atom stereocenters. The van der Waals surface area contributed by atoms with Gasteiger partial charge in [0.05, 0.1) is 21.3 Å². The highest BCUT2D eigenvalue weighted by molar-refractivity contribution is 6.01. The van der Waals surface area contributed by atoms with E-state index in [1.54, 1.807) is 6.07 Å². The first kappa shape index (κ1) is 20.1. The van der Waals surface area contributed by atoms with Gasteiger partial charge in [-0.15, -0.1) is 0 Å². The molecule has 0 radical (unpaired) electrons. The van der Waals surface area contributed by atoms with E-state index in [1.165, 1.54) is 33.5 Å². The quantitative estimate of drug-likeness (QED) is 0.575. The third kappa shape index (κ3) is 3.96. The molecule has 29 heavy (non-hydrogen) atoms. The summed E-state index contributed by atoms with van der Waals surface area (Å²) in [6.45, 7) is 3.97. The number of amides is 2. The molecule has 0 aliphatic carbocycles. The van der Waals surface area contributed by atoms with Crippen molar-refractivity contribution in [2.75, 3.05) is 21.3 Å². The fourth-order valence-electron chi connectivity index (χ4n) is 3.19. The van der Waals surface area contributed by atoms with Crippen molar-refractivity contribution in [2.45, 2.75) is 13.8 Å². The normalized spacial score (nSPS) is 10.5. The van der Waals surface area contributed by atoms with Crippen LogP contribution in [0.15, 0.2) is 30.3 Å². The van der Waals surface area contributed by atoms with Crippen molar-refractivity contribution >= 4 is 22.7 Å². The Kier molecular flexibility index (Phi) is 5.63. The lowest BCUT2D eigenvalue weighted by Crippen LogP contribution is -2.41. The van der Waals surface area contributed by atoms with Crippen LogP contribution in [0.1, 0.15) is 32.0 Å². The Bertz CT molecular complexity index is 1060. The van der Waals surface area contributed by atoms with E-state index in [9.17, 15) is 9.59 Å². The van der Waals surface area contributed by atoms with Crippen molar-refractivity contribution in [1.82, 2.24) is 15.8 Å². The standard InChI is InChI=1S/C21H23N3O5/c1-11-6-12(2)14-10-16(22-15(14)7-11)21(26)24-23-20(25)13-8-17(27-3)19(29-5)18(9-13)28-4/h6-10,22H,1-5H3,(H,23,25)(H,24,26). The number of methoxy groups -OCH3 is 3. The Morgan fingerprint density at radius 3 is 2.03 bits per heavy atom. The van der Waals surface area contributed by atoms with Gasteiger partial charge >= 0.3 is 0 Å². The average Bonchev–Trinajstić information content (AvgIpc) is 3.14. The molecule has 3 aromatic rings. The van der Waals surface area contributed by atoms with E-state index in [-0.39, 0.29) is 5.56 Å². The number of fused-ring (bicyclic) bond motifs is 1. The highest BCUT2D eigenvalue weighted by Crippen LogP contribution is 2.38. The van der Waals surface area contributed by atoms with Crippen molar-refractivity contribution in [2.24, 2.45) is 0 Å². The number of aromatic nitrogens is 1. The number of hydrogen-bond donors (Lipinski definition) is 3. The molecule has 1 aromatic heterocycles. The molecule has 0 aliphatic heterocycles. The van der Waals surface area contributed by atoms with Gasteiger partial charge < -0.3 is 19.2 Å². The van der Waals surface area contributed by atoms with E-state index >= 15 is 0 Å². The number of hydrogen-bond acceptors (Lipinski definition) is 5. The molecule has 0 spiro atoms. The van der Waals surface area contributed by atoms with Crippen LogP contribution >= 0.6 is 0 Å². The smallest absolute Gasteiger partial charge is 0.286 e. The van der Waals surface area contributed by atoms with Crippen LogP contribution in [0, 0.1) is 13.8 Å². The van der Waals surface area contributed by atoms with Crippen molar-refractivity contribution in [1.29, 1.82) is 0 Å². The summed E-state index contributed by atoms with van der Waals surface area (Å²) >= 11 is 0. The van der Waals surface area contributed by atoms with E-state index in [0.717, 1.165) is 22.0 Å². The lowest BCUT2D eigenvalue weighted by Gasteiger charge is -2.14. The Labute approximate surface area is 168 Å². The Balaban J connectivity index is 1.77. The topological polar surface area (TPSA) is 102 Å². The van der Waals surface area contributed by atoms with Gasteiger partial charge in [0.25, 0.3) is 11.8 Å². The number of aromatic amines is 1. The van der Waals surface area contributed by atoms with Crippen LogP contribution in [0.25, 0.3) is 10.9 Å². The molecule has 3 N–H and O–H groups in total. The van der Waals surface area contributed by atoms with Crippen molar-refractivity contribution in [3.8, 4) is 17.2 Å². The summed E-state index contributed by atoms with van der Waals surface area (Å²) in [7, 11) is 4.39. The molecule has 1 heterocycles. The first-order chi connectivity index (χ1) is 13.9. The van der Waals surface area contributed by atoms with Crippen LogP contribution in [0.2, 0.25) is 0 Å². The maximum Gasteiger partial charge on any atom is 0.286 e. The number of ether oxygens (including phenoxy) is 3. The number of carbonyl (C=O) groups is 2. The molecular weight excluding hydrogens is 374 g/mol. The van der Waals surface area contributed by atoms with Crippen LogP contribution in [-0.4, -0.2) is 38.1 Å². The highest BCUT2D eigenvalue weighted by atomic mass is 16.5. The second-order valence-corrected chi connectivity index (χ2v) is 6.55. The summed E-state index contributed by atoms with van der Waals surface area (Å²) in [5.74, 6) is 0.0636. The molecule has 3 rings (SSSR count). The number of rotatable bonds is 5. The zero-order valence-electron chi connectivity index (χ0n) is 16.9. The van der Waals surface area contributed by atoms with Gasteiger partial charge in [-0.3, -0.25) is 20.4 Å². The summed E-state index contributed by atoms with van der Waals surface area (Å²) in [6.07, 6.45) is 0. The van der Waals surface area contributed by atoms with Gasteiger partial charge in [0.2, 0.25) is 5.75 Å². The molecule has 0 bridgehead atoms. The number of H-pyrrole nitrogens is 1. The molecular formula is C21H23N3O5. The summed E-state index contributed by atoms with van der Waals surface area (Å²) in [5, 5.41) is 0.955. The summed E-state index contributed by atoms with van der Waals surface area (Å²) < 4.78 is 15.7. The Hall–Kier alpha value is -3.68. The van der Waals surface area contributed by atoms with E-state index in [4.69, 9.17) is 14.2 Å². The molecule has 8 nitrogen and oxygen atoms in total. The van der Waals surface area contributed by atoms with Crippen molar-refractivity contribution in [3.05, 3.63) is 52.7 Å². The minimum atomic E-state index is -0.527. The maximum absolute atomic E-state index is 12.5. The molecule has 0 aliphatic rings. The molecule has 0 saturated heterocycles. The lowest BCUT2D eigenvalue weighted by molar-refractivity contribution is 0.0844. The van der Waals surface area contributed by atoms with Crippen LogP contribution in [0.3, 0.4) is 0 Å². The first-order valence-corrected chi connectivity index (χ1v) is 8.88. The van der Waals surface area contributed by atoms with Gasteiger partial charge in [0.15, 0.2) is 11.5 Å². The number of hydrazine groups is 1. The molecule has 0 saturated carbocycles. The van der Waals surface area contributed by atoms with Crippen LogP contribution in [0.5, 0.6) is 17.2 Å². The minimum Gasteiger partial charge on any atom is -0.493 e. The number of benzene rings is 2. The molecule has 2 aromatic carbocycles. The maximum atomic E-state index is 12.5. The predicted octanol–water partition coefficient (Wildman–Crippen LogP) is 2.89. The SMILES string of the molecule is COc1cc(C(=O)NNC(=O)c2cc3c(C)cc(C)cc3[nH]2)cc(OC)c1OC. The van der Waals surface area contributed by atoms with Crippen LogP contribution < -0.4 is 25.1 Å². The zero-order valence-corrected chi connectivity index (χ0v) is 16.9. The fraction of sp³-hybridized carbons (Fsp3) is 0.238. The van der Waals surface area contributed by atoms with Gasteiger partial charge in [0.1, 0.15) is 5.69 Å². The van der Waals surface area contributed by atoms with E-state index < -0.39 is 11.8 Å². The molecule has 2 amide bonds. The van der Waals surface area contributed by atoms with E-state index in [2.05, 4.69) is 15.8 Å².